The van der Waals surface area contributed by atoms with E-state index in [0.717, 1.165) is 5.02 Å². The van der Waals surface area contributed by atoms with Crippen molar-refractivity contribution < 1.29 is 0 Å². The lowest BCUT2D eigenvalue weighted by Gasteiger charge is -2.23. The normalized spacial score (nSPS) is 19.2. The van der Waals surface area contributed by atoms with Crippen LogP contribution in [0.1, 0.15) is 42.7 Å². The quantitative estimate of drug-likeness (QED) is 0.897. The fraction of sp³-hybridized carbons (Fsp3) is 0.571. The van der Waals surface area contributed by atoms with Gasteiger partial charge in [-0.05, 0) is 59.9 Å². The van der Waals surface area contributed by atoms with Gasteiger partial charge in [0, 0.05) is 5.02 Å². The Labute approximate surface area is 113 Å². The molecule has 1 heterocycles. The van der Waals surface area contributed by atoms with Crippen molar-refractivity contribution in [3.05, 3.63) is 34.3 Å². The number of hydrogen-bond donors (Lipinski definition) is 1. The van der Waals surface area contributed by atoms with Gasteiger partial charge in [-0.2, -0.15) is 11.8 Å². The Hall–Kier alpha value is -0.180. The third-order valence-corrected chi connectivity index (χ3v) is 4.98. The molecule has 0 saturated carbocycles. The largest absolute Gasteiger partial charge is 0.330 e. The molecule has 0 radical (unpaired) electrons. The molecule has 1 aromatic rings. The molecule has 2 N–H and O–H groups in total. The zero-order valence-electron chi connectivity index (χ0n) is 10.3. The second-order valence-corrected chi connectivity index (χ2v) is 6.44. The highest BCUT2D eigenvalue weighted by Crippen LogP contribution is 2.36. The summed E-state index contributed by atoms with van der Waals surface area (Å²) >= 11 is 8.47. The van der Waals surface area contributed by atoms with Crippen molar-refractivity contribution in [2.45, 2.75) is 31.6 Å². The number of nitrogens with two attached hydrogens (primary N) is 1. The van der Waals surface area contributed by atoms with E-state index in [4.69, 9.17) is 17.3 Å². The molecule has 0 bridgehead atoms. The van der Waals surface area contributed by atoms with Crippen molar-refractivity contribution in [1.29, 1.82) is 0 Å². The fourth-order valence-corrected chi connectivity index (χ4v) is 3.78. The highest BCUT2D eigenvalue weighted by Gasteiger charge is 2.18. The molecule has 2 rings (SSSR count). The third-order valence-electron chi connectivity index (χ3n) is 3.61. The van der Waals surface area contributed by atoms with Crippen LogP contribution >= 0.6 is 23.4 Å². The zero-order chi connectivity index (χ0) is 12.3. The SMILES string of the molecule is CC(CN)c1ccc(C2CCSCC2)c(Cl)c1. The van der Waals surface area contributed by atoms with Gasteiger partial charge in [0.05, 0.1) is 0 Å². The highest BCUT2D eigenvalue weighted by molar-refractivity contribution is 7.99. The first-order valence-electron chi connectivity index (χ1n) is 6.29. The van der Waals surface area contributed by atoms with Gasteiger partial charge in [0.1, 0.15) is 0 Å². The molecule has 1 fully saturated rings. The van der Waals surface area contributed by atoms with E-state index in [9.17, 15) is 0 Å². The Morgan fingerprint density at radius 1 is 1.41 bits per heavy atom. The maximum Gasteiger partial charge on any atom is 0.0443 e. The van der Waals surface area contributed by atoms with Crippen molar-refractivity contribution in [2.75, 3.05) is 18.1 Å². The first-order valence-corrected chi connectivity index (χ1v) is 7.82. The molecule has 0 aromatic heterocycles. The fourth-order valence-electron chi connectivity index (χ4n) is 2.33. The van der Waals surface area contributed by atoms with Gasteiger partial charge in [-0.1, -0.05) is 30.7 Å². The van der Waals surface area contributed by atoms with Crippen LogP contribution in [0.3, 0.4) is 0 Å². The van der Waals surface area contributed by atoms with Crippen LogP contribution in [-0.4, -0.2) is 18.1 Å². The molecule has 0 amide bonds. The van der Waals surface area contributed by atoms with E-state index < -0.39 is 0 Å². The first kappa shape index (κ1) is 13.3. The van der Waals surface area contributed by atoms with E-state index in [1.165, 1.54) is 35.5 Å². The molecule has 1 nitrogen and oxygen atoms in total. The average molecular weight is 270 g/mol. The zero-order valence-corrected chi connectivity index (χ0v) is 11.9. The van der Waals surface area contributed by atoms with Crippen LogP contribution in [0.4, 0.5) is 0 Å². The Morgan fingerprint density at radius 2 is 2.12 bits per heavy atom. The van der Waals surface area contributed by atoms with Crippen LogP contribution in [0, 0.1) is 0 Å². The molecule has 1 saturated heterocycles. The van der Waals surface area contributed by atoms with E-state index in [0.29, 0.717) is 18.4 Å². The Balaban J connectivity index is 2.18. The molecule has 1 aromatic carbocycles. The number of benzene rings is 1. The van der Waals surface area contributed by atoms with Crippen molar-refractivity contribution >= 4 is 23.4 Å². The average Bonchev–Trinajstić information content (AvgIpc) is 2.38. The molecular weight excluding hydrogens is 250 g/mol. The monoisotopic (exact) mass is 269 g/mol. The van der Waals surface area contributed by atoms with Crippen molar-refractivity contribution in [2.24, 2.45) is 5.73 Å². The van der Waals surface area contributed by atoms with Crippen LogP contribution in [0.15, 0.2) is 18.2 Å². The summed E-state index contributed by atoms with van der Waals surface area (Å²) in [6.07, 6.45) is 2.52. The van der Waals surface area contributed by atoms with Crippen LogP contribution in [-0.2, 0) is 0 Å². The molecule has 1 aliphatic rings. The summed E-state index contributed by atoms with van der Waals surface area (Å²) in [7, 11) is 0. The second-order valence-electron chi connectivity index (χ2n) is 4.80. The maximum atomic E-state index is 6.42. The molecule has 1 aliphatic heterocycles. The van der Waals surface area contributed by atoms with E-state index >= 15 is 0 Å². The molecule has 0 spiro atoms. The predicted molar refractivity (Wildman–Crippen MR) is 78.2 cm³/mol. The van der Waals surface area contributed by atoms with Crippen molar-refractivity contribution in [3.63, 3.8) is 0 Å². The van der Waals surface area contributed by atoms with Gasteiger partial charge < -0.3 is 5.73 Å². The van der Waals surface area contributed by atoms with Gasteiger partial charge in [0.15, 0.2) is 0 Å². The minimum absolute atomic E-state index is 0.392. The number of rotatable bonds is 3. The summed E-state index contributed by atoms with van der Waals surface area (Å²) in [5.74, 6) is 3.58. The van der Waals surface area contributed by atoms with E-state index in [1.54, 1.807) is 0 Å². The molecule has 94 valence electrons. The maximum absolute atomic E-state index is 6.42. The van der Waals surface area contributed by atoms with Gasteiger partial charge in [-0.15, -0.1) is 0 Å². The Morgan fingerprint density at radius 3 is 2.71 bits per heavy atom. The molecule has 0 aliphatic carbocycles. The second kappa shape index (κ2) is 6.12. The van der Waals surface area contributed by atoms with Crippen LogP contribution in [0.25, 0.3) is 0 Å². The van der Waals surface area contributed by atoms with E-state index in [2.05, 4.69) is 36.9 Å². The molecule has 1 unspecified atom stereocenters. The van der Waals surface area contributed by atoms with Crippen LogP contribution in [0.5, 0.6) is 0 Å². The van der Waals surface area contributed by atoms with Crippen LogP contribution in [0.2, 0.25) is 5.02 Å². The van der Waals surface area contributed by atoms with Gasteiger partial charge in [0.2, 0.25) is 0 Å². The van der Waals surface area contributed by atoms with Gasteiger partial charge in [-0.3, -0.25) is 0 Å². The predicted octanol–water partition coefficient (Wildman–Crippen LogP) is 4.01. The van der Waals surface area contributed by atoms with Gasteiger partial charge in [0.25, 0.3) is 0 Å². The minimum atomic E-state index is 0.392. The summed E-state index contributed by atoms with van der Waals surface area (Å²) in [5.41, 5.74) is 8.28. The molecular formula is C14H20ClNS. The standard InChI is InChI=1S/C14H20ClNS/c1-10(9-16)12-2-3-13(14(15)8-12)11-4-6-17-7-5-11/h2-3,8,10-11H,4-7,9,16H2,1H3. The Bertz CT molecular complexity index is 374. The summed E-state index contributed by atoms with van der Waals surface area (Å²) in [5, 5.41) is 0.930. The van der Waals surface area contributed by atoms with E-state index in [-0.39, 0.29) is 0 Å². The third kappa shape index (κ3) is 3.18. The topological polar surface area (TPSA) is 26.0 Å². The van der Waals surface area contributed by atoms with Gasteiger partial charge in [-0.25, -0.2) is 0 Å². The molecule has 1 atom stereocenters. The van der Waals surface area contributed by atoms with Gasteiger partial charge >= 0.3 is 0 Å². The summed E-state index contributed by atoms with van der Waals surface area (Å²) < 4.78 is 0. The lowest BCUT2D eigenvalue weighted by Crippen LogP contribution is -2.11. The number of thioether (sulfide) groups is 1. The minimum Gasteiger partial charge on any atom is -0.330 e. The smallest absolute Gasteiger partial charge is 0.0443 e. The summed E-state index contributed by atoms with van der Waals surface area (Å²) in [4.78, 5) is 0. The molecule has 3 heteroatoms. The highest BCUT2D eigenvalue weighted by atomic mass is 35.5. The lowest BCUT2D eigenvalue weighted by molar-refractivity contribution is 0.636. The van der Waals surface area contributed by atoms with Crippen molar-refractivity contribution in [3.8, 4) is 0 Å². The molecule has 17 heavy (non-hydrogen) atoms. The van der Waals surface area contributed by atoms with Crippen molar-refractivity contribution in [1.82, 2.24) is 0 Å². The van der Waals surface area contributed by atoms with E-state index in [1.807, 2.05) is 0 Å². The summed E-state index contributed by atoms with van der Waals surface area (Å²) in [6.45, 7) is 2.82. The summed E-state index contributed by atoms with van der Waals surface area (Å²) in [6, 6.07) is 6.52. The van der Waals surface area contributed by atoms with Crippen LogP contribution < -0.4 is 5.73 Å². The Kier molecular flexibility index (Phi) is 4.78. The number of hydrogen-bond acceptors (Lipinski definition) is 2. The lowest BCUT2D eigenvalue weighted by atomic mass is 9.91. The number of halogens is 1. The first-order chi connectivity index (χ1) is 8.22.